The summed E-state index contributed by atoms with van der Waals surface area (Å²) in [7, 11) is 3.68. The van der Waals surface area contributed by atoms with E-state index in [1.807, 2.05) is 7.05 Å². The quantitative estimate of drug-likeness (QED) is 0.840. The second-order valence-corrected chi connectivity index (χ2v) is 5.82. The molecule has 0 fully saturated rings. The molecular weight excluding hydrogens is 250 g/mol. The number of hydrogen-bond acceptors (Lipinski definition) is 3. The monoisotopic (exact) mass is 267 g/mol. The molecule has 2 rings (SSSR count). The fraction of sp³-hybridized carbons (Fsp3) is 0.538. The van der Waals surface area contributed by atoms with E-state index in [0.717, 1.165) is 16.7 Å². The number of hydrogen-bond donors (Lipinski definition) is 0. The predicted octanol–water partition coefficient (Wildman–Crippen LogP) is 3.07. The number of aromatic nitrogens is 3. The largest absolute Gasteiger partial charge is 0.380 e. The van der Waals surface area contributed by atoms with Crippen LogP contribution in [0, 0.1) is 0 Å². The maximum Gasteiger partial charge on any atom is 0.160 e. The molecule has 0 saturated heterocycles. The molecule has 0 aliphatic heterocycles. The van der Waals surface area contributed by atoms with Crippen LogP contribution in [0.3, 0.4) is 0 Å². The maximum atomic E-state index is 5.93. The highest BCUT2D eigenvalue weighted by Crippen LogP contribution is 2.32. The molecule has 0 N–H and O–H groups in total. The van der Waals surface area contributed by atoms with Gasteiger partial charge in [0.05, 0.1) is 12.8 Å². The van der Waals surface area contributed by atoms with E-state index < -0.39 is 0 Å². The molecule has 2 heterocycles. The molecule has 0 spiro atoms. The Labute approximate surface area is 112 Å². The molecule has 4 nitrogen and oxygen atoms in total. The molecular formula is C13H18ClN3O. The van der Waals surface area contributed by atoms with Crippen molar-refractivity contribution in [1.82, 2.24) is 14.5 Å². The fourth-order valence-corrected chi connectivity index (χ4v) is 2.59. The van der Waals surface area contributed by atoms with Gasteiger partial charge in [0, 0.05) is 30.8 Å². The average molecular weight is 268 g/mol. The zero-order valence-corrected chi connectivity index (χ0v) is 12.2. The minimum Gasteiger partial charge on any atom is -0.380 e. The lowest BCUT2D eigenvalue weighted by atomic mass is 9.89. The predicted molar refractivity (Wildman–Crippen MR) is 72.9 cm³/mol. The first-order valence-corrected chi connectivity index (χ1v) is 6.23. The van der Waals surface area contributed by atoms with Crippen molar-refractivity contribution in [2.24, 2.45) is 7.05 Å². The Balaban J connectivity index is 2.83. The third-order valence-electron chi connectivity index (χ3n) is 2.95. The van der Waals surface area contributed by atoms with Crippen molar-refractivity contribution in [2.75, 3.05) is 7.11 Å². The van der Waals surface area contributed by atoms with Crippen LogP contribution in [0.1, 0.15) is 32.0 Å². The van der Waals surface area contributed by atoms with E-state index in [1.165, 1.54) is 5.69 Å². The van der Waals surface area contributed by atoms with E-state index in [-0.39, 0.29) is 5.41 Å². The van der Waals surface area contributed by atoms with Crippen molar-refractivity contribution in [3.05, 3.63) is 22.6 Å². The van der Waals surface area contributed by atoms with Crippen molar-refractivity contribution in [2.45, 2.75) is 32.8 Å². The van der Waals surface area contributed by atoms with Crippen molar-refractivity contribution < 1.29 is 4.74 Å². The van der Waals surface area contributed by atoms with Gasteiger partial charge < -0.3 is 9.30 Å². The molecule has 0 amide bonds. The lowest BCUT2D eigenvalue weighted by molar-refractivity contribution is 0.183. The highest BCUT2D eigenvalue weighted by Gasteiger charge is 2.26. The van der Waals surface area contributed by atoms with Crippen LogP contribution in [0.5, 0.6) is 0 Å². The SMILES string of the molecule is COCc1c(C(C)(C)C)n(C)c2nc(Cl)cnc12. The summed E-state index contributed by atoms with van der Waals surface area (Å²) in [5, 5.41) is 0.410. The molecule has 0 radical (unpaired) electrons. The second kappa shape index (κ2) is 4.52. The van der Waals surface area contributed by atoms with Crippen LogP contribution in [0.15, 0.2) is 6.20 Å². The summed E-state index contributed by atoms with van der Waals surface area (Å²) in [6.07, 6.45) is 1.58. The van der Waals surface area contributed by atoms with Crippen molar-refractivity contribution in [3.63, 3.8) is 0 Å². The van der Waals surface area contributed by atoms with E-state index in [1.54, 1.807) is 13.3 Å². The summed E-state index contributed by atoms with van der Waals surface area (Å²) in [4.78, 5) is 8.76. The van der Waals surface area contributed by atoms with Gasteiger partial charge >= 0.3 is 0 Å². The number of ether oxygens (including phenoxy) is 1. The highest BCUT2D eigenvalue weighted by molar-refractivity contribution is 6.29. The lowest BCUT2D eigenvalue weighted by Gasteiger charge is -2.21. The average Bonchev–Trinajstić information content (AvgIpc) is 2.52. The van der Waals surface area contributed by atoms with Gasteiger partial charge in [-0.15, -0.1) is 0 Å². The molecule has 0 aliphatic carbocycles. The van der Waals surface area contributed by atoms with Crippen LogP contribution in [-0.4, -0.2) is 21.6 Å². The normalized spacial score (nSPS) is 12.3. The van der Waals surface area contributed by atoms with Gasteiger partial charge in [-0.1, -0.05) is 32.4 Å². The van der Waals surface area contributed by atoms with E-state index in [0.29, 0.717) is 11.8 Å². The van der Waals surface area contributed by atoms with Crippen LogP contribution in [0.2, 0.25) is 5.15 Å². The number of rotatable bonds is 2. The first-order chi connectivity index (χ1) is 8.36. The van der Waals surface area contributed by atoms with Gasteiger partial charge in [0.1, 0.15) is 10.7 Å². The van der Waals surface area contributed by atoms with Crippen LogP contribution in [-0.2, 0) is 23.8 Å². The number of fused-ring (bicyclic) bond motifs is 1. The highest BCUT2D eigenvalue weighted by atomic mass is 35.5. The molecule has 98 valence electrons. The Hall–Kier alpha value is -1.13. The van der Waals surface area contributed by atoms with E-state index in [2.05, 4.69) is 35.3 Å². The van der Waals surface area contributed by atoms with E-state index in [9.17, 15) is 0 Å². The first kappa shape index (κ1) is 13.3. The fourth-order valence-electron chi connectivity index (χ4n) is 2.46. The van der Waals surface area contributed by atoms with Crippen LogP contribution in [0.25, 0.3) is 11.2 Å². The van der Waals surface area contributed by atoms with Gasteiger partial charge in [-0.3, -0.25) is 0 Å². The van der Waals surface area contributed by atoms with Crippen LogP contribution >= 0.6 is 11.6 Å². The summed E-state index contributed by atoms with van der Waals surface area (Å²) < 4.78 is 7.36. The Morgan fingerprint density at radius 2 is 2.06 bits per heavy atom. The third-order valence-corrected chi connectivity index (χ3v) is 3.13. The zero-order chi connectivity index (χ0) is 13.5. The summed E-state index contributed by atoms with van der Waals surface area (Å²) >= 11 is 5.93. The smallest absolute Gasteiger partial charge is 0.160 e. The third kappa shape index (κ3) is 2.10. The van der Waals surface area contributed by atoms with Crippen molar-refractivity contribution in [3.8, 4) is 0 Å². The number of aryl methyl sites for hydroxylation is 1. The van der Waals surface area contributed by atoms with E-state index >= 15 is 0 Å². The van der Waals surface area contributed by atoms with Gasteiger partial charge in [-0.25, -0.2) is 9.97 Å². The Morgan fingerprint density at radius 3 is 2.61 bits per heavy atom. The Morgan fingerprint density at radius 1 is 1.39 bits per heavy atom. The topological polar surface area (TPSA) is 39.9 Å². The molecule has 0 unspecified atom stereocenters. The summed E-state index contributed by atoms with van der Waals surface area (Å²) in [6.45, 7) is 7.03. The van der Waals surface area contributed by atoms with Crippen molar-refractivity contribution >= 4 is 22.8 Å². The lowest BCUT2D eigenvalue weighted by Crippen LogP contribution is -2.18. The molecule has 0 atom stereocenters. The molecule has 5 heteroatoms. The van der Waals surface area contributed by atoms with Crippen LogP contribution < -0.4 is 0 Å². The molecule has 2 aromatic rings. The standard InChI is InChI=1S/C13H18ClN3O/c1-13(2,3)11-8(7-18-5)10-12(17(11)4)16-9(14)6-15-10/h6H,7H2,1-5H3. The van der Waals surface area contributed by atoms with Gasteiger partial charge in [-0.05, 0) is 0 Å². The molecule has 2 aromatic heterocycles. The second-order valence-electron chi connectivity index (χ2n) is 5.43. The molecule has 18 heavy (non-hydrogen) atoms. The Bertz CT molecular complexity index is 584. The summed E-state index contributed by atoms with van der Waals surface area (Å²) in [6, 6.07) is 0. The summed E-state index contributed by atoms with van der Waals surface area (Å²) in [5.74, 6) is 0. The number of nitrogens with zero attached hydrogens (tertiary/aromatic N) is 3. The van der Waals surface area contributed by atoms with Gasteiger partial charge in [0.15, 0.2) is 5.65 Å². The molecule has 0 aliphatic rings. The minimum absolute atomic E-state index is 0.00251. The van der Waals surface area contributed by atoms with Crippen LogP contribution in [0.4, 0.5) is 0 Å². The molecule has 0 bridgehead atoms. The van der Waals surface area contributed by atoms with Gasteiger partial charge in [-0.2, -0.15) is 0 Å². The minimum atomic E-state index is -0.00251. The Kier molecular flexibility index (Phi) is 3.34. The number of halogens is 1. The number of methoxy groups -OCH3 is 1. The molecule has 0 saturated carbocycles. The van der Waals surface area contributed by atoms with Gasteiger partial charge in [0.25, 0.3) is 0 Å². The summed E-state index contributed by atoms with van der Waals surface area (Å²) in [5.41, 5.74) is 3.94. The molecule has 0 aromatic carbocycles. The van der Waals surface area contributed by atoms with Crippen molar-refractivity contribution in [1.29, 1.82) is 0 Å². The maximum absolute atomic E-state index is 5.93. The first-order valence-electron chi connectivity index (χ1n) is 5.85. The zero-order valence-electron chi connectivity index (χ0n) is 11.4. The van der Waals surface area contributed by atoms with Gasteiger partial charge in [0.2, 0.25) is 0 Å². The van der Waals surface area contributed by atoms with E-state index in [4.69, 9.17) is 16.3 Å².